The molecule has 0 radical (unpaired) electrons. The predicted octanol–water partition coefficient (Wildman–Crippen LogP) is 3.51. The zero-order valence-corrected chi connectivity index (χ0v) is 11.6. The van der Waals surface area contributed by atoms with Crippen LogP contribution in [0.5, 0.6) is 5.75 Å². The third-order valence-corrected chi connectivity index (χ3v) is 2.88. The number of benzene rings is 1. The smallest absolute Gasteiger partial charge is 0.338 e. The highest BCUT2D eigenvalue weighted by Crippen LogP contribution is 2.34. The molecule has 0 unspecified atom stereocenters. The van der Waals surface area contributed by atoms with Crippen LogP contribution in [0.15, 0.2) is 33.2 Å². The molecule has 0 spiro atoms. The van der Waals surface area contributed by atoms with Crippen molar-refractivity contribution in [1.29, 1.82) is 0 Å². The van der Waals surface area contributed by atoms with Crippen molar-refractivity contribution in [3.8, 4) is 5.75 Å². The normalized spacial score (nSPS) is 9.69. The van der Waals surface area contributed by atoms with Gasteiger partial charge in [0.2, 0.25) is 0 Å². The third-order valence-electron chi connectivity index (χ3n) is 1.70. The Morgan fingerprint density at radius 3 is 2.25 bits per heavy atom. The van der Waals surface area contributed by atoms with Gasteiger partial charge in [-0.2, -0.15) is 0 Å². The number of carbonyl (C=O) groups excluding carboxylic acids is 2. The number of hydrogen-bond donors (Lipinski definition) is 0. The fourth-order valence-corrected chi connectivity index (χ4v) is 2.31. The van der Waals surface area contributed by atoms with Crippen molar-refractivity contribution >= 4 is 44.1 Å². The van der Waals surface area contributed by atoms with Gasteiger partial charge in [0.25, 0.3) is 0 Å². The van der Waals surface area contributed by atoms with Gasteiger partial charge in [0.1, 0.15) is 6.29 Å². The number of aldehydes is 1. The van der Waals surface area contributed by atoms with E-state index in [1.165, 1.54) is 0 Å². The van der Waals surface area contributed by atoms with Crippen molar-refractivity contribution in [3.63, 3.8) is 0 Å². The number of esters is 1. The first kappa shape index (κ1) is 13.1. The van der Waals surface area contributed by atoms with Crippen molar-refractivity contribution < 1.29 is 14.3 Å². The minimum absolute atomic E-state index is 0.304. The maximum atomic E-state index is 11.3. The van der Waals surface area contributed by atoms with Crippen LogP contribution in [0.25, 0.3) is 0 Å². The first-order chi connectivity index (χ1) is 7.45. The number of ether oxygens (including phenoxy) is 1. The second-order valence-electron chi connectivity index (χ2n) is 3.10. The lowest BCUT2D eigenvalue weighted by atomic mass is 10.2. The Bertz CT molecular complexity index is 443. The van der Waals surface area contributed by atoms with Gasteiger partial charge in [-0.25, -0.2) is 4.79 Å². The summed E-state index contributed by atoms with van der Waals surface area (Å²) < 4.78 is 6.14. The lowest BCUT2D eigenvalue weighted by molar-refractivity contribution is -0.130. The molecule has 3 nitrogen and oxygen atoms in total. The Morgan fingerprint density at radius 2 is 1.88 bits per heavy atom. The lowest BCUT2D eigenvalue weighted by Gasteiger charge is -2.08. The fourth-order valence-electron chi connectivity index (χ4n) is 0.925. The van der Waals surface area contributed by atoms with Crippen LogP contribution in [0.1, 0.15) is 17.3 Å². The second-order valence-corrected chi connectivity index (χ2v) is 4.81. The van der Waals surface area contributed by atoms with E-state index < -0.39 is 5.97 Å². The highest BCUT2D eigenvalue weighted by Gasteiger charge is 2.13. The predicted molar refractivity (Wildman–Crippen MR) is 67.7 cm³/mol. The van der Waals surface area contributed by atoms with Gasteiger partial charge in [-0.1, -0.05) is 6.58 Å². The van der Waals surface area contributed by atoms with E-state index in [1.54, 1.807) is 19.1 Å². The zero-order valence-electron chi connectivity index (χ0n) is 8.42. The molecule has 0 fully saturated rings. The third kappa shape index (κ3) is 3.02. The highest BCUT2D eigenvalue weighted by atomic mass is 79.9. The lowest BCUT2D eigenvalue weighted by Crippen LogP contribution is -2.09. The maximum Gasteiger partial charge on any atom is 0.338 e. The molecule has 0 bridgehead atoms. The minimum Gasteiger partial charge on any atom is -0.421 e. The average Bonchev–Trinajstić information content (AvgIpc) is 2.22. The number of rotatable bonds is 3. The molecule has 0 aliphatic rings. The van der Waals surface area contributed by atoms with Gasteiger partial charge in [0.05, 0.1) is 8.95 Å². The molecule has 0 heterocycles. The molecule has 1 rings (SSSR count). The molecule has 0 saturated heterocycles. The van der Waals surface area contributed by atoms with E-state index in [0.29, 0.717) is 32.1 Å². The molecule has 0 saturated carbocycles. The zero-order chi connectivity index (χ0) is 12.3. The molecule has 84 valence electrons. The van der Waals surface area contributed by atoms with E-state index in [1.807, 2.05) is 0 Å². The fraction of sp³-hybridized carbons (Fsp3) is 0.0909. The van der Waals surface area contributed by atoms with Crippen LogP contribution in [0, 0.1) is 0 Å². The summed E-state index contributed by atoms with van der Waals surface area (Å²) >= 11 is 6.44. The van der Waals surface area contributed by atoms with Crippen molar-refractivity contribution in [2.45, 2.75) is 6.92 Å². The van der Waals surface area contributed by atoms with Gasteiger partial charge in [-0.05, 0) is 50.9 Å². The van der Waals surface area contributed by atoms with Gasteiger partial charge in [-0.3, -0.25) is 4.79 Å². The van der Waals surface area contributed by atoms with Gasteiger partial charge >= 0.3 is 5.97 Å². The summed E-state index contributed by atoms with van der Waals surface area (Å²) in [5.74, 6) is -0.182. The largest absolute Gasteiger partial charge is 0.421 e. The monoisotopic (exact) mass is 346 g/mol. The molecule has 0 amide bonds. The topological polar surface area (TPSA) is 43.4 Å². The standard InChI is InChI=1S/C11H8Br2O3/c1-6(2)11(15)16-10-8(12)3-7(5-14)4-9(10)13/h3-5H,1H2,2H3. The second kappa shape index (κ2) is 5.41. The van der Waals surface area contributed by atoms with E-state index in [9.17, 15) is 9.59 Å². The average molecular weight is 348 g/mol. The van der Waals surface area contributed by atoms with Crippen molar-refractivity contribution in [2.75, 3.05) is 0 Å². The summed E-state index contributed by atoms with van der Waals surface area (Å²) in [4.78, 5) is 21.9. The SMILES string of the molecule is C=C(C)C(=O)Oc1c(Br)cc(C=O)cc1Br. The van der Waals surface area contributed by atoms with E-state index >= 15 is 0 Å². The van der Waals surface area contributed by atoms with Gasteiger partial charge in [0, 0.05) is 11.1 Å². The van der Waals surface area contributed by atoms with Crippen LogP contribution in [0.4, 0.5) is 0 Å². The summed E-state index contributed by atoms with van der Waals surface area (Å²) in [6, 6.07) is 3.14. The van der Waals surface area contributed by atoms with Crippen LogP contribution in [-0.2, 0) is 4.79 Å². The number of hydrogen-bond acceptors (Lipinski definition) is 3. The summed E-state index contributed by atoms with van der Waals surface area (Å²) in [6.45, 7) is 5.04. The van der Waals surface area contributed by atoms with E-state index in [4.69, 9.17) is 4.74 Å². The number of halogens is 2. The molecule has 16 heavy (non-hydrogen) atoms. The Hall–Kier alpha value is -0.940. The van der Waals surface area contributed by atoms with E-state index in [0.717, 1.165) is 0 Å². The molecular formula is C11H8Br2O3. The molecule has 0 aliphatic carbocycles. The van der Waals surface area contributed by atoms with Crippen LogP contribution < -0.4 is 4.74 Å². The summed E-state index contributed by atoms with van der Waals surface area (Å²) in [6.07, 6.45) is 0.708. The van der Waals surface area contributed by atoms with E-state index in [2.05, 4.69) is 38.4 Å². The number of carbonyl (C=O) groups is 2. The Morgan fingerprint density at radius 1 is 1.38 bits per heavy atom. The Kier molecular flexibility index (Phi) is 4.44. The van der Waals surface area contributed by atoms with Crippen LogP contribution in [0.3, 0.4) is 0 Å². The van der Waals surface area contributed by atoms with Crippen molar-refractivity contribution in [3.05, 3.63) is 38.8 Å². The molecule has 1 aromatic carbocycles. The van der Waals surface area contributed by atoms with Gasteiger partial charge in [0.15, 0.2) is 5.75 Å². The van der Waals surface area contributed by atoms with Crippen LogP contribution in [0.2, 0.25) is 0 Å². The quantitative estimate of drug-likeness (QED) is 0.364. The minimum atomic E-state index is -0.514. The first-order valence-electron chi connectivity index (χ1n) is 4.27. The molecule has 0 aliphatic heterocycles. The Labute approximate surface area is 110 Å². The van der Waals surface area contributed by atoms with Gasteiger partial charge < -0.3 is 4.74 Å². The van der Waals surface area contributed by atoms with Crippen LogP contribution in [-0.4, -0.2) is 12.3 Å². The highest BCUT2D eigenvalue weighted by molar-refractivity contribution is 9.11. The summed E-state index contributed by atoms with van der Waals surface area (Å²) in [7, 11) is 0. The molecule has 1 aromatic rings. The van der Waals surface area contributed by atoms with E-state index in [-0.39, 0.29) is 0 Å². The van der Waals surface area contributed by atoms with Crippen molar-refractivity contribution in [2.24, 2.45) is 0 Å². The van der Waals surface area contributed by atoms with Crippen molar-refractivity contribution in [1.82, 2.24) is 0 Å². The summed E-state index contributed by atoms with van der Waals surface area (Å²) in [5, 5.41) is 0. The maximum absolute atomic E-state index is 11.3. The first-order valence-corrected chi connectivity index (χ1v) is 5.86. The van der Waals surface area contributed by atoms with Crippen LogP contribution >= 0.6 is 31.9 Å². The molecule has 0 aromatic heterocycles. The Balaban J connectivity index is 3.10. The molecule has 0 N–H and O–H groups in total. The summed E-state index contributed by atoms with van der Waals surface area (Å²) in [5.41, 5.74) is 0.784. The molecule has 5 heteroatoms. The molecule has 0 atom stereocenters. The molecular weight excluding hydrogens is 340 g/mol. The van der Waals surface area contributed by atoms with Gasteiger partial charge in [-0.15, -0.1) is 0 Å².